The van der Waals surface area contributed by atoms with Crippen molar-refractivity contribution in [2.24, 2.45) is 0 Å². The Morgan fingerprint density at radius 2 is 1.83 bits per heavy atom. The molecule has 0 radical (unpaired) electrons. The van der Waals surface area contributed by atoms with Crippen LogP contribution in [0.15, 0.2) is 29.1 Å². The molecule has 0 atom stereocenters. The van der Waals surface area contributed by atoms with E-state index in [0.29, 0.717) is 6.42 Å². The highest BCUT2D eigenvalue weighted by Crippen LogP contribution is 2.28. The van der Waals surface area contributed by atoms with Crippen LogP contribution in [-0.2, 0) is 19.3 Å². The normalized spacial score (nSPS) is 11.8. The quantitative estimate of drug-likeness (QED) is 0.623. The Labute approximate surface area is 161 Å². The molecule has 0 saturated heterocycles. The topological polar surface area (TPSA) is 85.8 Å². The van der Waals surface area contributed by atoms with Crippen LogP contribution < -0.4 is 16.6 Å². The van der Waals surface area contributed by atoms with Gasteiger partial charge in [-0.05, 0) is 18.6 Å². The maximum absolute atomic E-state index is 13.8. The fourth-order valence-electron chi connectivity index (χ4n) is 2.82. The van der Waals surface area contributed by atoms with Gasteiger partial charge in [-0.25, -0.2) is 18.7 Å². The summed E-state index contributed by atoms with van der Waals surface area (Å²) >= 11 is 0. The molecule has 0 aliphatic heterocycles. The maximum atomic E-state index is 13.8. The van der Waals surface area contributed by atoms with Crippen LogP contribution in [0.4, 0.5) is 33.5 Å². The lowest BCUT2D eigenvalue weighted by molar-refractivity contribution is -0.142. The number of halogens is 5. The second-order valence-electron chi connectivity index (χ2n) is 6.24. The van der Waals surface area contributed by atoms with E-state index >= 15 is 0 Å². The van der Waals surface area contributed by atoms with Crippen molar-refractivity contribution in [1.29, 1.82) is 0 Å². The highest BCUT2D eigenvalue weighted by molar-refractivity contribution is 5.86. The molecule has 0 unspecified atom stereocenters. The number of aryl methyl sites for hydroxylation is 1. The fourth-order valence-corrected chi connectivity index (χ4v) is 2.82. The van der Waals surface area contributed by atoms with Gasteiger partial charge in [0.25, 0.3) is 5.56 Å². The number of hydrogen-bond acceptors (Lipinski definition) is 5. The van der Waals surface area contributed by atoms with Crippen LogP contribution in [-0.4, -0.2) is 14.5 Å². The number of hydrogen-bond donors (Lipinski definition) is 2. The predicted molar refractivity (Wildman–Crippen MR) is 97.2 cm³/mol. The minimum absolute atomic E-state index is 0.0310. The Morgan fingerprint density at radius 1 is 1.17 bits per heavy atom. The van der Waals surface area contributed by atoms with E-state index in [2.05, 4.69) is 15.3 Å². The van der Waals surface area contributed by atoms with Gasteiger partial charge in [0.05, 0.1) is 5.69 Å². The van der Waals surface area contributed by atoms with Crippen molar-refractivity contribution >= 4 is 22.7 Å². The van der Waals surface area contributed by atoms with E-state index in [4.69, 9.17) is 5.73 Å². The minimum atomic E-state index is -4.95. The van der Waals surface area contributed by atoms with E-state index in [0.717, 1.165) is 16.7 Å². The number of pyridine rings is 1. The Balaban J connectivity index is 2.10. The Kier molecular flexibility index (Phi) is 5.40. The number of alkyl halides is 3. The molecule has 1 aromatic carbocycles. The van der Waals surface area contributed by atoms with Gasteiger partial charge in [0.1, 0.15) is 23.0 Å². The van der Waals surface area contributed by atoms with Gasteiger partial charge in [-0.2, -0.15) is 13.2 Å². The zero-order valence-corrected chi connectivity index (χ0v) is 15.1. The summed E-state index contributed by atoms with van der Waals surface area (Å²) < 4.78 is 67.9. The lowest BCUT2D eigenvalue weighted by Gasteiger charge is -2.15. The third-order valence-electron chi connectivity index (χ3n) is 4.15. The first-order chi connectivity index (χ1) is 13.6. The van der Waals surface area contributed by atoms with Gasteiger partial charge in [-0.3, -0.25) is 9.36 Å². The van der Waals surface area contributed by atoms with Crippen molar-refractivity contribution in [3.8, 4) is 0 Å². The Morgan fingerprint density at radius 3 is 2.41 bits per heavy atom. The maximum Gasteiger partial charge on any atom is 0.438 e. The fraction of sp³-hybridized carbons (Fsp3) is 0.278. The number of benzene rings is 1. The summed E-state index contributed by atoms with van der Waals surface area (Å²) in [5.41, 5.74) is 2.07. The van der Waals surface area contributed by atoms with Crippen LogP contribution in [0.5, 0.6) is 0 Å². The first-order valence-corrected chi connectivity index (χ1v) is 8.58. The van der Waals surface area contributed by atoms with Crippen LogP contribution >= 0.6 is 0 Å². The summed E-state index contributed by atoms with van der Waals surface area (Å²) in [6.45, 7) is 1.35. The van der Waals surface area contributed by atoms with Crippen LogP contribution in [0.2, 0.25) is 0 Å². The van der Waals surface area contributed by atoms with Crippen molar-refractivity contribution < 1.29 is 22.0 Å². The lowest BCUT2D eigenvalue weighted by atomic mass is 10.2. The number of aromatic nitrogens is 3. The van der Waals surface area contributed by atoms with Crippen molar-refractivity contribution in [3.63, 3.8) is 0 Å². The molecule has 0 amide bonds. The minimum Gasteiger partial charge on any atom is -0.397 e. The lowest BCUT2D eigenvalue weighted by Crippen LogP contribution is -2.31. The second-order valence-corrected chi connectivity index (χ2v) is 6.24. The molecule has 0 spiro atoms. The molecule has 0 bridgehead atoms. The highest BCUT2D eigenvalue weighted by atomic mass is 19.4. The zero-order chi connectivity index (χ0) is 21.3. The number of nitrogens with zero attached hydrogens (tertiary/aromatic N) is 3. The van der Waals surface area contributed by atoms with Crippen molar-refractivity contribution in [2.75, 3.05) is 11.1 Å². The molecule has 0 aliphatic rings. The van der Waals surface area contributed by atoms with Crippen LogP contribution in [0.1, 0.15) is 24.6 Å². The summed E-state index contributed by atoms with van der Waals surface area (Å²) in [6.07, 6.45) is -4.59. The smallest absolute Gasteiger partial charge is 0.397 e. The number of fused-ring (bicyclic) bond motifs is 1. The van der Waals surface area contributed by atoms with Crippen molar-refractivity contribution in [3.05, 3.63) is 57.5 Å². The molecule has 6 nitrogen and oxygen atoms in total. The van der Waals surface area contributed by atoms with Crippen molar-refractivity contribution in [2.45, 2.75) is 32.6 Å². The number of rotatable bonds is 5. The summed E-state index contributed by atoms with van der Waals surface area (Å²) in [4.78, 5) is 19.8. The van der Waals surface area contributed by atoms with Crippen LogP contribution in [0.25, 0.3) is 11.2 Å². The van der Waals surface area contributed by atoms with E-state index in [1.165, 1.54) is 12.1 Å². The van der Waals surface area contributed by atoms with E-state index in [1.54, 1.807) is 6.92 Å². The van der Waals surface area contributed by atoms with Gasteiger partial charge in [-0.15, -0.1) is 0 Å². The number of anilines is 2. The van der Waals surface area contributed by atoms with Gasteiger partial charge in [0.15, 0.2) is 5.65 Å². The highest BCUT2D eigenvalue weighted by Gasteiger charge is 2.37. The molecule has 154 valence electrons. The monoisotopic (exact) mass is 413 g/mol. The Hall–Kier alpha value is -3.24. The van der Waals surface area contributed by atoms with E-state index in [1.807, 2.05) is 0 Å². The van der Waals surface area contributed by atoms with Crippen LogP contribution in [0.3, 0.4) is 0 Å². The van der Waals surface area contributed by atoms with Gasteiger partial charge >= 0.3 is 6.18 Å². The van der Waals surface area contributed by atoms with Gasteiger partial charge in [0.2, 0.25) is 5.69 Å². The van der Waals surface area contributed by atoms with Gasteiger partial charge in [-0.1, -0.05) is 13.0 Å². The molecule has 2 aromatic heterocycles. The Bertz CT molecular complexity index is 1110. The molecule has 0 fully saturated rings. The molecular weight excluding hydrogens is 397 g/mol. The summed E-state index contributed by atoms with van der Waals surface area (Å²) in [7, 11) is 0. The van der Waals surface area contributed by atoms with Crippen LogP contribution in [0, 0.1) is 11.6 Å². The molecule has 3 aromatic rings. The van der Waals surface area contributed by atoms with Gasteiger partial charge < -0.3 is 11.1 Å². The molecule has 2 heterocycles. The van der Waals surface area contributed by atoms with Crippen molar-refractivity contribution in [1.82, 2.24) is 14.5 Å². The summed E-state index contributed by atoms with van der Waals surface area (Å²) in [5, 5.41) is 2.67. The molecule has 3 rings (SSSR count). The molecule has 29 heavy (non-hydrogen) atoms. The third-order valence-corrected chi connectivity index (χ3v) is 4.15. The molecule has 0 saturated carbocycles. The zero-order valence-electron chi connectivity index (χ0n) is 15.1. The second kappa shape index (κ2) is 7.64. The largest absolute Gasteiger partial charge is 0.438 e. The first kappa shape index (κ1) is 20.5. The molecule has 0 aliphatic carbocycles. The molecule has 3 N–H and O–H groups in total. The van der Waals surface area contributed by atoms with E-state index in [-0.39, 0.29) is 41.3 Å². The third kappa shape index (κ3) is 3.98. The summed E-state index contributed by atoms with van der Waals surface area (Å²) in [5.74, 6) is -1.51. The first-order valence-electron chi connectivity index (χ1n) is 8.58. The standard InChI is InChI=1S/C18H16F5N5O/c1-2-6-28-16-14(27-15(17(28)29)18(21,22)23)12(24)7-13(26-16)25-8-9-10(19)4-3-5-11(9)20/h3-5,7H,2,6,8H2,1H3,(H3,24,25,26). The predicted octanol–water partition coefficient (Wildman–Crippen LogP) is 3.69. The average molecular weight is 413 g/mol. The molecular formula is C18H16F5N5O. The average Bonchev–Trinajstić information content (AvgIpc) is 2.62. The molecule has 11 heteroatoms. The number of nitrogen functional groups attached to an aromatic ring is 1. The summed E-state index contributed by atoms with van der Waals surface area (Å²) in [6, 6.07) is 4.58. The number of nitrogens with one attached hydrogen (secondary N) is 1. The van der Waals surface area contributed by atoms with E-state index in [9.17, 15) is 26.7 Å². The van der Waals surface area contributed by atoms with Gasteiger partial charge in [0, 0.05) is 24.7 Å². The number of nitrogens with two attached hydrogens (primary N) is 1. The SMILES string of the molecule is CCCn1c(=O)c(C(F)(F)F)nc2c(N)cc(NCc3c(F)cccc3F)nc21. The van der Waals surface area contributed by atoms with E-state index < -0.39 is 29.1 Å².